The second-order valence-corrected chi connectivity index (χ2v) is 7.20. The third-order valence-corrected chi connectivity index (χ3v) is 4.88. The first-order valence-corrected chi connectivity index (χ1v) is 8.52. The quantitative estimate of drug-likeness (QED) is 0.786. The molecule has 4 N–H and O–H groups in total. The van der Waals surface area contributed by atoms with Gasteiger partial charge >= 0.3 is 0 Å². The highest BCUT2D eigenvalue weighted by molar-refractivity contribution is 7.18. The molecular weight excluding hydrogens is 306 g/mol. The number of anilines is 3. The molecule has 6 nitrogen and oxygen atoms in total. The second kappa shape index (κ2) is 5.61. The summed E-state index contributed by atoms with van der Waals surface area (Å²) in [6.45, 7) is 4.13. The molecule has 1 fully saturated rings. The van der Waals surface area contributed by atoms with Gasteiger partial charge < -0.3 is 11.1 Å². The lowest BCUT2D eigenvalue weighted by Gasteiger charge is -2.00. The lowest BCUT2D eigenvalue weighted by atomic mass is 10.2. The summed E-state index contributed by atoms with van der Waals surface area (Å²) in [6, 6.07) is 0.485. The van der Waals surface area contributed by atoms with Gasteiger partial charge in [0.15, 0.2) is 10.3 Å². The van der Waals surface area contributed by atoms with E-state index in [0.29, 0.717) is 27.1 Å². The van der Waals surface area contributed by atoms with Gasteiger partial charge in [0.1, 0.15) is 10.7 Å². The van der Waals surface area contributed by atoms with Crippen LogP contribution in [0.3, 0.4) is 0 Å². The van der Waals surface area contributed by atoms with Crippen molar-refractivity contribution in [3.63, 3.8) is 0 Å². The molecule has 1 saturated carbocycles. The highest BCUT2D eigenvalue weighted by Crippen LogP contribution is 2.31. The Labute approximate surface area is 130 Å². The maximum absolute atomic E-state index is 12.2. The fourth-order valence-electron chi connectivity index (χ4n) is 1.72. The molecule has 0 aliphatic heterocycles. The Balaban J connectivity index is 1.70. The number of amides is 1. The molecule has 0 spiro atoms. The summed E-state index contributed by atoms with van der Waals surface area (Å²) in [4.78, 5) is 21.3. The Morgan fingerprint density at radius 1 is 1.38 bits per heavy atom. The van der Waals surface area contributed by atoms with E-state index < -0.39 is 0 Å². The predicted octanol–water partition coefficient (Wildman–Crippen LogP) is 3.13. The Morgan fingerprint density at radius 2 is 2.14 bits per heavy atom. The summed E-state index contributed by atoms with van der Waals surface area (Å²) in [5.74, 6) is 0.356. The number of nitrogens with zero attached hydrogens (tertiary/aromatic N) is 2. The van der Waals surface area contributed by atoms with Crippen molar-refractivity contribution in [2.24, 2.45) is 0 Å². The molecule has 0 saturated heterocycles. The van der Waals surface area contributed by atoms with Crippen LogP contribution in [0.1, 0.15) is 48.0 Å². The first kappa shape index (κ1) is 14.3. The minimum absolute atomic E-state index is 0.251. The highest BCUT2D eigenvalue weighted by Gasteiger charge is 2.24. The van der Waals surface area contributed by atoms with Gasteiger partial charge in [0, 0.05) is 11.4 Å². The smallest absolute Gasteiger partial charge is 0.271 e. The van der Waals surface area contributed by atoms with E-state index in [0.717, 1.165) is 18.5 Å². The van der Waals surface area contributed by atoms with Crippen molar-refractivity contribution in [2.75, 3.05) is 16.4 Å². The van der Waals surface area contributed by atoms with Gasteiger partial charge in [-0.3, -0.25) is 10.1 Å². The van der Waals surface area contributed by atoms with E-state index in [9.17, 15) is 4.79 Å². The van der Waals surface area contributed by atoms with Crippen molar-refractivity contribution < 1.29 is 4.79 Å². The molecule has 0 radical (unpaired) electrons. The second-order valence-electron chi connectivity index (χ2n) is 5.34. The van der Waals surface area contributed by atoms with Crippen molar-refractivity contribution in [3.05, 3.63) is 16.0 Å². The monoisotopic (exact) mass is 323 g/mol. The summed E-state index contributed by atoms with van der Waals surface area (Å²) < 4.78 is 0. The van der Waals surface area contributed by atoms with Gasteiger partial charge in [-0.25, -0.2) is 9.97 Å². The zero-order valence-electron chi connectivity index (χ0n) is 11.8. The fraction of sp³-hybridized carbons (Fsp3) is 0.462. The maximum Gasteiger partial charge on any atom is 0.271 e. The van der Waals surface area contributed by atoms with Gasteiger partial charge in [-0.15, -0.1) is 11.3 Å². The minimum atomic E-state index is -0.251. The van der Waals surface area contributed by atoms with E-state index in [-0.39, 0.29) is 11.7 Å². The molecule has 2 aromatic heterocycles. The Bertz CT molecular complexity index is 659. The van der Waals surface area contributed by atoms with E-state index in [1.165, 1.54) is 22.7 Å². The lowest BCUT2D eigenvalue weighted by Crippen LogP contribution is -2.12. The average Bonchev–Trinajstić information content (AvgIpc) is 2.96. The largest absolute Gasteiger partial charge is 0.382 e. The van der Waals surface area contributed by atoms with Gasteiger partial charge in [-0.1, -0.05) is 25.2 Å². The third kappa shape index (κ3) is 3.33. The molecule has 112 valence electrons. The Morgan fingerprint density at radius 3 is 2.76 bits per heavy atom. The molecule has 1 aliphatic carbocycles. The number of hydrogen-bond donors (Lipinski definition) is 3. The van der Waals surface area contributed by atoms with Crippen LogP contribution in [0.4, 0.5) is 16.1 Å². The summed E-state index contributed by atoms with van der Waals surface area (Å²) in [5.41, 5.74) is 6.80. The molecule has 3 rings (SSSR count). The SMILES string of the molecule is CC(C)c1csc(NC(=O)c2sc(NC3CC3)nc2N)n1. The van der Waals surface area contributed by atoms with E-state index in [1.807, 2.05) is 5.38 Å². The van der Waals surface area contributed by atoms with Crippen molar-refractivity contribution in [1.29, 1.82) is 0 Å². The Kier molecular flexibility index (Phi) is 3.81. The minimum Gasteiger partial charge on any atom is -0.382 e. The maximum atomic E-state index is 12.2. The van der Waals surface area contributed by atoms with Crippen LogP contribution in [0.5, 0.6) is 0 Å². The van der Waals surface area contributed by atoms with Crippen molar-refractivity contribution >= 4 is 44.7 Å². The number of rotatable bonds is 5. The molecular formula is C13H17N5OS2. The van der Waals surface area contributed by atoms with Crippen molar-refractivity contribution in [1.82, 2.24) is 9.97 Å². The molecule has 2 heterocycles. The van der Waals surface area contributed by atoms with Gasteiger partial charge in [-0.05, 0) is 18.8 Å². The van der Waals surface area contributed by atoms with Crippen LogP contribution in [-0.4, -0.2) is 21.9 Å². The van der Waals surface area contributed by atoms with Crippen molar-refractivity contribution in [2.45, 2.75) is 38.6 Å². The van der Waals surface area contributed by atoms with E-state index in [1.54, 1.807) is 0 Å². The number of nitrogens with two attached hydrogens (primary N) is 1. The zero-order valence-corrected chi connectivity index (χ0v) is 13.5. The van der Waals surface area contributed by atoms with Crippen LogP contribution < -0.4 is 16.4 Å². The molecule has 0 unspecified atom stereocenters. The van der Waals surface area contributed by atoms with Gasteiger partial charge in [0.2, 0.25) is 0 Å². The molecule has 2 aromatic rings. The first-order valence-electron chi connectivity index (χ1n) is 6.82. The summed E-state index contributed by atoms with van der Waals surface area (Å²) in [5, 5.41) is 9.29. The zero-order chi connectivity index (χ0) is 15.0. The summed E-state index contributed by atoms with van der Waals surface area (Å²) in [6.07, 6.45) is 2.30. The van der Waals surface area contributed by atoms with E-state index in [4.69, 9.17) is 5.73 Å². The number of carbonyl (C=O) groups is 1. The molecule has 0 aromatic carbocycles. The number of carbonyl (C=O) groups excluding carboxylic acids is 1. The Hall–Kier alpha value is -1.67. The summed E-state index contributed by atoms with van der Waals surface area (Å²) in [7, 11) is 0. The molecule has 0 bridgehead atoms. The van der Waals surface area contributed by atoms with Gasteiger partial charge in [0.05, 0.1) is 5.69 Å². The molecule has 1 aliphatic rings. The number of aromatic nitrogens is 2. The van der Waals surface area contributed by atoms with Gasteiger partial charge in [0.25, 0.3) is 5.91 Å². The number of nitrogens with one attached hydrogen (secondary N) is 2. The van der Waals surface area contributed by atoms with E-state index >= 15 is 0 Å². The van der Waals surface area contributed by atoms with Crippen LogP contribution >= 0.6 is 22.7 Å². The molecule has 21 heavy (non-hydrogen) atoms. The predicted molar refractivity (Wildman–Crippen MR) is 87.3 cm³/mol. The van der Waals surface area contributed by atoms with Crippen LogP contribution in [0, 0.1) is 0 Å². The normalized spacial score (nSPS) is 14.4. The molecule has 8 heteroatoms. The summed E-state index contributed by atoms with van der Waals surface area (Å²) >= 11 is 2.70. The highest BCUT2D eigenvalue weighted by atomic mass is 32.1. The first-order chi connectivity index (χ1) is 10.0. The molecule has 0 atom stereocenters. The lowest BCUT2D eigenvalue weighted by molar-refractivity contribution is 0.103. The van der Waals surface area contributed by atoms with Crippen molar-refractivity contribution in [3.8, 4) is 0 Å². The van der Waals surface area contributed by atoms with Crippen LogP contribution in [0.15, 0.2) is 5.38 Å². The number of nitrogen functional groups attached to an aromatic ring is 1. The average molecular weight is 323 g/mol. The van der Waals surface area contributed by atoms with Gasteiger partial charge in [-0.2, -0.15) is 0 Å². The standard InChI is InChI=1S/C13H17N5OS2/c1-6(2)8-5-20-12(16-8)18-11(19)9-10(14)17-13(21-9)15-7-3-4-7/h5-7H,3-4,14H2,1-2H3,(H,15,17)(H,16,18,19). The van der Waals surface area contributed by atoms with Crippen LogP contribution in [0.25, 0.3) is 0 Å². The third-order valence-electron chi connectivity index (χ3n) is 3.10. The fourth-order valence-corrected chi connectivity index (χ4v) is 3.45. The van der Waals surface area contributed by atoms with Crippen LogP contribution in [-0.2, 0) is 0 Å². The number of hydrogen-bond acceptors (Lipinski definition) is 7. The van der Waals surface area contributed by atoms with Crippen LogP contribution in [0.2, 0.25) is 0 Å². The molecule has 1 amide bonds. The topological polar surface area (TPSA) is 92.9 Å². The number of thiazole rings is 2. The van der Waals surface area contributed by atoms with E-state index in [2.05, 4.69) is 34.4 Å².